The quantitative estimate of drug-likeness (QED) is 0.755. The van der Waals surface area contributed by atoms with E-state index in [9.17, 15) is 0 Å². The van der Waals surface area contributed by atoms with Crippen LogP contribution in [0.5, 0.6) is 0 Å². The molecular weight excluding hydrogens is 244 g/mol. The number of nitrogens with zero attached hydrogens (tertiary/aromatic N) is 1. The molecule has 120 valence electrons. The molecule has 0 aromatic heterocycles. The number of rotatable bonds is 7. The largest absolute Gasteiger partial charge is 0.327 e. The SMILES string of the molecule is CCCCN(CC1CCC(N)C(C)C1(C)C)C(C)CC. The van der Waals surface area contributed by atoms with Gasteiger partial charge in [-0.2, -0.15) is 0 Å². The molecule has 1 aliphatic rings. The van der Waals surface area contributed by atoms with Gasteiger partial charge in [0.1, 0.15) is 0 Å². The van der Waals surface area contributed by atoms with Crippen molar-refractivity contribution < 1.29 is 0 Å². The van der Waals surface area contributed by atoms with Crippen molar-refractivity contribution in [2.75, 3.05) is 13.1 Å². The topological polar surface area (TPSA) is 29.3 Å². The summed E-state index contributed by atoms with van der Waals surface area (Å²) in [5, 5.41) is 0. The standard InChI is InChI=1S/C18H38N2/c1-7-9-12-20(14(3)8-2)13-16-10-11-17(19)15(4)18(16,5)6/h14-17H,7-13,19H2,1-6H3. The number of nitrogens with two attached hydrogens (primary N) is 1. The summed E-state index contributed by atoms with van der Waals surface area (Å²) in [6.45, 7) is 16.8. The van der Waals surface area contributed by atoms with Crippen molar-refractivity contribution in [2.24, 2.45) is 23.0 Å². The lowest BCUT2D eigenvalue weighted by Gasteiger charge is -2.49. The van der Waals surface area contributed by atoms with Crippen molar-refractivity contribution in [3.8, 4) is 0 Å². The van der Waals surface area contributed by atoms with E-state index in [-0.39, 0.29) is 0 Å². The van der Waals surface area contributed by atoms with E-state index >= 15 is 0 Å². The van der Waals surface area contributed by atoms with Crippen molar-refractivity contribution in [3.05, 3.63) is 0 Å². The Bertz CT molecular complexity index is 275. The molecule has 1 saturated carbocycles. The van der Waals surface area contributed by atoms with Crippen molar-refractivity contribution in [3.63, 3.8) is 0 Å². The molecule has 0 aliphatic heterocycles. The lowest BCUT2D eigenvalue weighted by atomic mass is 9.61. The molecule has 4 unspecified atom stereocenters. The van der Waals surface area contributed by atoms with Gasteiger partial charge < -0.3 is 10.6 Å². The van der Waals surface area contributed by atoms with E-state index in [1.165, 1.54) is 45.2 Å². The zero-order valence-electron chi connectivity index (χ0n) is 14.8. The predicted octanol–water partition coefficient (Wildman–Crippen LogP) is 4.29. The zero-order valence-corrected chi connectivity index (χ0v) is 14.8. The summed E-state index contributed by atoms with van der Waals surface area (Å²) in [4.78, 5) is 2.74. The van der Waals surface area contributed by atoms with E-state index in [0.717, 1.165) is 5.92 Å². The van der Waals surface area contributed by atoms with Crippen LogP contribution in [0, 0.1) is 17.3 Å². The molecule has 2 heteroatoms. The van der Waals surface area contributed by atoms with E-state index in [0.29, 0.717) is 23.4 Å². The summed E-state index contributed by atoms with van der Waals surface area (Å²) in [7, 11) is 0. The third-order valence-corrected chi connectivity index (χ3v) is 6.18. The van der Waals surface area contributed by atoms with Gasteiger partial charge in [0.25, 0.3) is 0 Å². The normalized spacial score (nSPS) is 31.5. The average molecular weight is 283 g/mol. The molecule has 0 bridgehead atoms. The van der Waals surface area contributed by atoms with Crippen molar-refractivity contribution >= 4 is 0 Å². The predicted molar refractivity (Wildman–Crippen MR) is 89.9 cm³/mol. The maximum absolute atomic E-state index is 6.30. The van der Waals surface area contributed by atoms with Crippen LogP contribution in [0.25, 0.3) is 0 Å². The summed E-state index contributed by atoms with van der Waals surface area (Å²) in [5.41, 5.74) is 6.67. The second-order valence-corrected chi connectivity index (χ2v) is 7.65. The molecule has 20 heavy (non-hydrogen) atoms. The van der Waals surface area contributed by atoms with E-state index in [2.05, 4.69) is 46.4 Å². The summed E-state index contributed by atoms with van der Waals surface area (Å²) in [5.74, 6) is 1.43. The summed E-state index contributed by atoms with van der Waals surface area (Å²) in [6, 6.07) is 1.11. The second kappa shape index (κ2) is 7.79. The van der Waals surface area contributed by atoms with Crippen LogP contribution < -0.4 is 5.73 Å². The van der Waals surface area contributed by atoms with Gasteiger partial charge in [0.05, 0.1) is 0 Å². The average Bonchev–Trinajstić information content (AvgIpc) is 2.42. The van der Waals surface area contributed by atoms with Crippen LogP contribution in [0.1, 0.15) is 73.6 Å². The number of hydrogen-bond acceptors (Lipinski definition) is 2. The highest BCUT2D eigenvalue weighted by atomic mass is 15.1. The van der Waals surface area contributed by atoms with Crippen molar-refractivity contribution in [2.45, 2.75) is 85.7 Å². The molecule has 1 rings (SSSR count). The third kappa shape index (κ3) is 4.21. The van der Waals surface area contributed by atoms with Crippen LogP contribution in [0.3, 0.4) is 0 Å². The van der Waals surface area contributed by atoms with Gasteiger partial charge in [-0.1, -0.05) is 41.0 Å². The molecule has 0 heterocycles. The second-order valence-electron chi connectivity index (χ2n) is 7.65. The molecule has 0 spiro atoms. The molecule has 0 saturated heterocycles. The minimum Gasteiger partial charge on any atom is -0.327 e. The summed E-state index contributed by atoms with van der Waals surface area (Å²) >= 11 is 0. The Balaban J connectivity index is 2.71. The summed E-state index contributed by atoms with van der Waals surface area (Å²) < 4.78 is 0. The van der Waals surface area contributed by atoms with E-state index in [1.54, 1.807) is 0 Å². The van der Waals surface area contributed by atoms with Crippen molar-refractivity contribution in [1.29, 1.82) is 0 Å². The Morgan fingerprint density at radius 1 is 1.25 bits per heavy atom. The van der Waals surface area contributed by atoms with Gasteiger partial charge in [-0.25, -0.2) is 0 Å². The van der Waals surface area contributed by atoms with Gasteiger partial charge in [0.15, 0.2) is 0 Å². The maximum Gasteiger partial charge on any atom is 0.00698 e. The minimum atomic E-state index is 0.371. The number of hydrogen-bond donors (Lipinski definition) is 1. The lowest BCUT2D eigenvalue weighted by Crippen LogP contribution is -2.51. The third-order valence-electron chi connectivity index (χ3n) is 6.18. The van der Waals surface area contributed by atoms with Crippen LogP contribution in [-0.2, 0) is 0 Å². The summed E-state index contributed by atoms with van der Waals surface area (Å²) in [6.07, 6.45) is 6.38. The van der Waals surface area contributed by atoms with Gasteiger partial charge in [0.2, 0.25) is 0 Å². The highest BCUT2D eigenvalue weighted by molar-refractivity contribution is 4.94. The molecule has 4 atom stereocenters. The lowest BCUT2D eigenvalue weighted by molar-refractivity contribution is 0.0193. The van der Waals surface area contributed by atoms with E-state index in [1.807, 2.05) is 0 Å². The smallest absolute Gasteiger partial charge is 0.00698 e. The number of unbranched alkanes of at least 4 members (excludes halogenated alkanes) is 1. The molecule has 0 aromatic rings. The molecule has 0 aromatic carbocycles. The fraction of sp³-hybridized carbons (Fsp3) is 1.00. The van der Waals surface area contributed by atoms with Crippen LogP contribution >= 0.6 is 0 Å². The molecule has 0 amide bonds. The molecule has 2 N–H and O–H groups in total. The molecule has 1 aliphatic carbocycles. The van der Waals surface area contributed by atoms with Crippen molar-refractivity contribution in [1.82, 2.24) is 4.90 Å². The van der Waals surface area contributed by atoms with Gasteiger partial charge in [-0.3, -0.25) is 0 Å². The highest BCUT2D eigenvalue weighted by Crippen LogP contribution is 2.44. The Morgan fingerprint density at radius 2 is 1.90 bits per heavy atom. The Kier molecular flexibility index (Phi) is 7.00. The van der Waals surface area contributed by atoms with Gasteiger partial charge >= 0.3 is 0 Å². The fourth-order valence-electron chi connectivity index (χ4n) is 3.66. The van der Waals surface area contributed by atoms with E-state index < -0.39 is 0 Å². The molecular formula is C18H38N2. The Labute approximate surface area is 127 Å². The highest BCUT2D eigenvalue weighted by Gasteiger charge is 2.42. The first-order valence-corrected chi connectivity index (χ1v) is 8.84. The minimum absolute atomic E-state index is 0.371. The Morgan fingerprint density at radius 3 is 2.45 bits per heavy atom. The Hall–Kier alpha value is -0.0800. The molecule has 2 nitrogen and oxygen atoms in total. The first-order chi connectivity index (χ1) is 9.34. The van der Waals surface area contributed by atoms with Crippen LogP contribution in [-0.4, -0.2) is 30.1 Å². The van der Waals surface area contributed by atoms with Crippen LogP contribution in [0.2, 0.25) is 0 Å². The first kappa shape index (κ1) is 18.0. The fourth-order valence-corrected chi connectivity index (χ4v) is 3.66. The molecule has 0 radical (unpaired) electrons. The maximum atomic E-state index is 6.30. The van der Waals surface area contributed by atoms with E-state index in [4.69, 9.17) is 5.73 Å². The van der Waals surface area contributed by atoms with Gasteiger partial charge in [-0.15, -0.1) is 0 Å². The van der Waals surface area contributed by atoms with Gasteiger partial charge in [0, 0.05) is 18.6 Å². The first-order valence-electron chi connectivity index (χ1n) is 8.84. The van der Waals surface area contributed by atoms with Crippen LogP contribution in [0.4, 0.5) is 0 Å². The van der Waals surface area contributed by atoms with Gasteiger partial charge in [-0.05, 0) is 56.4 Å². The molecule has 1 fully saturated rings. The van der Waals surface area contributed by atoms with Crippen LogP contribution in [0.15, 0.2) is 0 Å². The zero-order chi connectivity index (χ0) is 15.3. The monoisotopic (exact) mass is 282 g/mol.